The molecule has 1 aliphatic heterocycles. The van der Waals surface area contributed by atoms with Crippen molar-refractivity contribution in [2.75, 3.05) is 29.5 Å². The van der Waals surface area contributed by atoms with E-state index in [1.54, 1.807) is 0 Å². The summed E-state index contributed by atoms with van der Waals surface area (Å²) in [5.41, 5.74) is 1.07. The fraction of sp³-hybridized carbons (Fsp3) is 0.400. The van der Waals surface area contributed by atoms with Gasteiger partial charge in [0.05, 0.1) is 11.5 Å². The summed E-state index contributed by atoms with van der Waals surface area (Å²) in [6.45, 7) is 1.18. The average molecular weight is 243 g/mol. The molecule has 0 aliphatic carbocycles. The Labute approximate surface area is 95.4 Å². The van der Waals surface area contributed by atoms with Gasteiger partial charge in [0.25, 0.3) is 0 Å². The summed E-state index contributed by atoms with van der Waals surface area (Å²) in [7, 11) is -2.79. The molecule has 0 unspecified atom stereocenters. The Kier molecular flexibility index (Phi) is 2.93. The van der Waals surface area contributed by atoms with Crippen molar-refractivity contribution in [2.45, 2.75) is 4.90 Å². The van der Waals surface area contributed by atoms with Crippen molar-refractivity contribution in [1.29, 1.82) is 0 Å². The molecule has 15 heavy (non-hydrogen) atoms. The zero-order valence-electron chi connectivity index (χ0n) is 8.26. The van der Waals surface area contributed by atoms with Gasteiger partial charge in [-0.25, -0.2) is 8.42 Å². The lowest BCUT2D eigenvalue weighted by molar-refractivity contribution is 0.587. The molecular weight excluding hydrogens is 230 g/mol. The van der Waals surface area contributed by atoms with Crippen molar-refractivity contribution in [2.24, 2.45) is 0 Å². The lowest BCUT2D eigenvalue weighted by atomic mass is 10.3. The molecule has 0 amide bonds. The van der Waals surface area contributed by atoms with Crippen LogP contribution in [0.5, 0.6) is 0 Å². The van der Waals surface area contributed by atoms with Gasteiger partial charge in [-0.3, -0.25) is 0 Å². The first-order chi connectivity index (χ1) is 7.07. The normalized spacial score (nSPS) is 20.2. The van der Waals surface area contributed by atoms with E-state index in [4.69, 9.17) is 0 Å². The van der Waals surface area contributed by atoms with Gasteiger partial charge >= 0.3 is 0 Å². The van der Waals surface area contributed by atoms with Crippen LogP contribution in [0.4, 0.5) is 5.69 Å². The molecule has 0 saturated carbocycles. The van der Waals surface area contributed by atoms with E-state index in [2.05, 4.69) is 17.5 Å². The van der Waals surface area contributed by atoms with Crippen LogP contribution in [0.25, 0.3) is 0 Å². The number of thiol groups is 1. The molecule has 1 aromatic rings. The smallest absolute Gasteiger partial charge is 0.153 e. The van der Waals surface area contributed by atoms with E-state index < -0.39 is 9.84 Å². The Morgan fingerprint density at radius 3 is 2.13 bits per heavy atom. The highest BCUT2D eigenvalue weighted by Crippen LogP contribution is 2.19. The zero-order valence-corrected chi connectivity index (χ0v) is 9.97. The third-order valence-electron chi connectivity index (χ3n) is 2.56. The molecule has 0 radical (unpaired) electrons. The Bertz CT molecular complexity index is 425. The first kappa shape index (κ1) is 10.8. The van der Waals surface area contributed by atoms with E-state index >= 15 is 0 Å². The van der Waals surface area contributed by atoms with E-state index in [0.29, 0.717) is 13.1 Å². The molecule has 1 aliphatic rings. The summed E-state index contributed by atoms with van der Waals surface area (Å²) in [6.07, 6.45) is 0. The van der Waals surface area contributed by atoms with Crippen molar-refractivity contribution >= 4 is 28.2 Å². The second-order valence-corrected chi connectivity index (χ2v) is 6.48. The quantitative estimate of drug-likeness (QED) is 0.753. The highest BCUT2D eigenvalue weighted by Gasteiger charge is 2.21. The molecule has 0 aromatic heterocycles. The third kappa shape index (κ3) is 2.66. The molecule has 0 atom stereocenters. The Balaban J connectivity index is 2.11. The fourth-order valence-corrected chi connectivity index (χ4v) is 2.98. The molecule has 0 bridgehead atoms. The molecular formula is C10H13NO2S2. The molecule has 1 fully saturated rings. The van der Waals surface area contributed by atoms with Gasteiger partial charge in [0.15, 0.2) is 9.84 Å². The van der Waals surface area contributed by atoms with Gasteiger partial charge < -0.3 is 4.90 Å². The molecule has 5 heteroatoms. The third-order valence-corrected chi connectivity index (χ3v) is 4.47. The number of anilines is 1. The summed E-state index contributed by atoms with van der Waals surface area (Å²) in [5.74, 6) is 0.519. The monoisotopic (exact) mass is 243 g/mol. The second kappa shape index (κ2) is 4.06. The fourth-order valence-electron chi connectivity index (χ4n) is 1.63. The SMILES string of the molecule is O=S1(=O)CCN(c2ccc(S)cc2)CC1. The van der Waals surface area contributed by atoms with Crippen LogP contribution in [0, 0.1) is 0 Å². The number of benzene rings is 1. The number of hydrogen-bond acceptors (Lipinski definition) is 4. The molecule has 0 spiro atoms. The summed E-state index contributed by atoms with van der Waals surface area (Å²) in [6, 6.07) is 7.78. The second-order valence-electron chi connectivity index (χ2n) is 3.66. The molecule has 3 nitrogen and oxygen atoms in total. The van der Waals surface area contributed by atoms with E-state index in [1.165, 1.54) is 0 Å². The van der Waals surface area contributed by atoms with E-state index in [9.17, 15) is 8.42 Å². The van der Waals surface area contributed by atoms with E-state index in [0.717, 1.165) is 10.6 Å². The minimum absolute atomic E-state index is 0.260. The maximum Gasteiger partial charge on any atom is 0.153 e. The standard InChI is InChI=1S/C10H13NO2S2/c12-15(13)7-5-11(6-8-15)9-1-3-10(14)4-2-9/h1-4,14H,5-8H2. The van der Waals surface area contributed by atoms with Gasteiger partial charge in [0.2, 0.25) is 0 Å². The van der Waals surface area contributed by atoms with Crippen LogP contribution in [0.3, 0.4) is 0 Å². The van der Waals surface area contributed by atoms with Crippen LogP contribution < -0.4 is 4.90 Å². The van der Waals surface area contributed by atoms with Crippen molar-refractivity contribution < 1.29 is 8.42 Å². The highest BCUT2D eigenvalue weighted by molar-refractivity contribution is 7.91. The predicted molar refractivity (Wildman–Crippen MR) is 64.6 cm³/mol. The molecule has 82 valence electrons. The number of hydrogen-bond donors (Lipinski definition) is 1. The highest BCUT2D eigenvalue weighted by atomic mass is 32.2. The summed E-state index contributed by atoms with van der Waals surface area (Å²) < 4.78 is 22.5. The Morgan fingerprint density at radius 1 is 1.07 bits per heavy atom. The van der Waals surface area contributed by atoms with Crippen LogP contribution >= 0.6 is 12.6 Å². The van der Waals surface area contributed by atoms with Crippen LogP contribution in [0.15, 0.2) is 29.2 Å². The summed E-state index contributed by atoms with van der Waals surface area (Å²) in [5, 5.41) is 0. The van der Waals surface area contributed by atoms with Crippen molar-refractivity contribution in [3.63, 3.8) is 0 Å². The largest absolute Gasteiger partial charge is 0.369 e. The first-order valence-electron chi connectivity index (χ1n) is 4.81. The van der Waals surface area contributed by atoms with E-state index in [-0.39, 0.29) is 11.5 Å². The maximum absolute atomic E-state index is 11.2. The maximum atomic E-state index is 11.2. The molecule has 1 heterocycles. The molecule has 1 saturated heterocycles. The number of sulfone groups is 1. The van der Waals surface area contributed by atoms with Crippen LogP contribution in [-0.4, -0.2) is 33.0 Å². The van der Waals surface area contributed by atoms with E-state index in [1.807, 2.05) is 24.3 Å². The van der Waals surface area contributed by atoms with Gasteiger partial charge in [-0.05, 0) is 24.3 Å². The molecule has 2 rings (SSSR count). The van der Waals surface area contributed by atoms with Crippen LogP contribution in [0.2, 0.25) is 0 Å². The van der Waals surface area contributed by atoms with Crippen LogP contribution in [0.1, 0.15) is 0 Å². The summed E-state index contributed by atoms with van der Waals surface area (Å²) in [4.78, 5) is 3.01. The summed E-state index contributed by atoms with van der Waals surface area (Å²) >= 11 is 4.21. The van der Waals surface area contributed by atoms with Crippen molar-refractivity contribution in [3.8, 4) is 0 Å². The topological polar surface area (TPSA) is 37.4 Å². The van der Waals surface area contributed by atoms with Gasteiger partial charge in [-0.15, -0.1) is 12.6 Å². The molecule has 1 aromatic carbocycles. The minimum Gasteiger partial charge on any atom is -0.369 e. The number of rotatable bonds is 1. The first-order valence-corrected chi connectivity index (χ1v) is 7.08. The minimum atomic E-state index is -2.79. The zero-order chi connectivity index (χ0) is 10.9. The number of nitrogens with zero attached hydrogens (tertiary/aromatic N) is 1. The average Bonchev–Trinajstić information content (AvgIpc) is 2.20. The van der Waals surface area contributed by atoms with Gasteiger partial charge in [-0.2, -0.15) is 0 Å². The van der Waals surface area contributed by atoms with Gasteiger partial charge in [0.1, 0.15) is 0 Å². The predicted octanol–water partition coefficient (Wildman–Crippen LogP) is 1.21. The Morgan fingerprint density at radius 2 is 1.60 bits per heavy atom. The van der Waals surface area contributed by atoms with Crippen molar-refractivity contribution in [3.05, 3.63) is 24.3 Å². The Hall–Kier alpha value is -0.680. The molecule has 0 N–H and O–H groups in total. The van der Waals surface area contributed by atoms with Gasteiger partial charge in [-0.1, -0.05) is 0 Å². The van der Waals surface area contributed by atoms with Gasteiger partial charge in [0, 0.05) is 23.7 Å². The lowest BCUT2D eigenvalue weighted by Gasteiger charge is -2.28. The lowest BCUT2D eigenvalue weighted by Crippen LogP contribution is -2.40. The van der Waals surface area contributed by atoms with Crippen molar-refractivity contribution in [1.82, 2.24) is 0 Å². The van der Waals surface area contributed by atoms with Crippen LogP contribution in [-0.2, 0) is 9.84 Å².